The van der Waals surface area contributed by atoms with Gasteiger partial charge in [0, 0.05) is 41.7 Å². The topological polar surface area (TPSA) is 118 Å². The van der Waals surface area contributed by atoms with Crippen molar-refractivity contribution in [3.63, 3.8) is 0 Å². The predicted octanol–water partition coefficient (Wildman–Crippen LogP) is 3.36. The number of nitrogens with zero attached hydrogens (tertiary/aromatic N) is 6. The standard InChI is InChI=1S/C19H16F4N6O5/c1-27(12-2-3-14(20)15(4-12)34-19(21,22)23)17-24-5-11(6-25-17)9-32-13-7-28-8-16(29(30)31)26-18(28)33-10-13/h2-6,8,13H,7,9-10H2,1H3/t13-/m0/s1. The minimum Gasteiger partial charge on any atom is -0.443 e. The molecule has 0 bridgehead atoms. The Hall–Kier alpha value is -4.01. The molecule has 0 fully saturated rings. The van der Waals surface area contributed by atoms with Gasteiger partial charge in [-0.3, -0.25) is 4.57 Å². The van der Waals surface area contributed by atoms with E-state index in [2.05, 4.69) is 19.7 Å². The van der Waals surface area contributed by atoms with E-state index >= 15 is 0 Å². The number of alkyl halides is 3. The van der Waals surface area contributed by atoms with Crippen molar-refractivity contribution in [3.8, 4) is 11.8 Å². The highest BCUT2D eigenvalue weighted by Gasteiger charge is 2.33. The van der Waals surface area contributed by atoms with Gasteiger partial charge in [0.05, 0.1) is 13.2 Å². The maximum absolute atomic E-state index is 13.6. The zero-order valence-corrected chi connectivity index (χ0v) is 17.4. The first-order chi connectivity index (χ1) is 16.1. The highest BCUT2D eigenvalue weighted by molar-refractivity contribution is 5.58. The Morgan fingerprint density at radius 2 is 2.06 bits per heavy atom. The molecule has 34 heavy (non-hydrogen) atoms. The van der Waals surface area contributed by atoms with Crippen molar-refractivity contribution >= 4 is 17.5 Å². The fourth-order valence-corrected chi connectivity index (χ4v) is 3.09. The minimum atomic E-state index is -5.03. The van der Waals surface area contributed by atoms with Crippen molar-refractivity contribution in [2.24, 2.45) is 0 Å². The van der Waals surface area contributed by atoms with Crippen LogP contribution in [0.3, 0.4) is 0 Å². The summed E-state index contributed by atoms with van der Waals surface area (Å²) in [5, 5.41) is 10.8. The lowest BCUT2D eigenvalue weighted by atomic mass is 10.2. The van der Waals surface area contributed by atoms with E-state index in [9.17, 15) is 27.7 Å². The summed E-state index contributed by atoms with van der Waals surface area (Å²) in [6.07, 6.45) is -1.23. The van der Waals surface area contributed by atoms with Crippen LogP contribution in [0.5, 0.6) is 11.8 Å². The second-order valence-electron chi connectivity index (χ2n) is 7.15. The molecular formula is C19H16F4N6O5. The first-order valence-electron chi connectivity index (χ1n) is 9.65. The summed E-state index contributed by atoms with van der Waals surface area (Å²) in [4.78, 5) is 23.6. The van der Waals surface area contributed by atoms with Gasteiger partial charge in [0.25, 0.3) is 0 Å². The van der Waals surface area contributed by atoms with Gasteiger partial charge in [-0.2, -0.15) is 0 Å². The van der Waals surface area contributed by atoms with E-state index in [1.54, 1.807) is 0 Å². The first kappa shape index (κ1) is 23.2. The molecule has 0 N–H and O–H groups in total. The van der Waals surface area contributed by atoms with Crippen molar-refractivity contribution in [1.82, 2.24) is 19.5 Å². The van der Waals surface area contributed by atoms with Crippen LogP contribution < -0.4 is 14.4 Å². The minimum absolute atomic E-state index is 0.115. The van der Waals surface area contributed by atoms with Crippen LogP contribution in [0.4, 0.5) is 35.0 Å². The Morgan fingerprint density at radius 3 is 2.74 bits per heavy atom. The van der Waals surface area contributed by atoms with Crippen LogP contribution in [0, 0.1) is 15.9 Å². The first-order valence-corrected chi connectivity index (χ1v) is 9.65. The summed E-state index contributed by atoms with van der Waals surface area (Å²) in [7, 11) is 1.50. The SMILES string of the molecule is CN(c1ccc(F)c(OC(F)(F)F)c1)c1ncc(CO[C@@H]2COc3nc([N+](=O)[O-])cn3C2)cn1. The van der Waals surface area contributed by atoms with Crippen molar-refractivity contribution in [3.05, 3.63) is 58.3 Å². The summed E-state index contributed by atoms with van der Waals surface area (Å²) in [5.41, 5.74) is 0.772. The third-order valence-corrected chi connectivity index (χ3v) is 4.72. The zero-order chi connectivity index (χ0) is 24.5. The maximum atomic E-state index is 13.6. The van der Waals surface area contributed by atoms with Crippen LogP contribution in [0.2, 0.25) is 0 Å². The number of hydrogen-bond donors (Lipinski definition) is 0. The molecular weight excluding hydrogens is 468 g/mol. The van der Waals surface area contributed by atoms with Gasteiger partial charge in [-0.05, 0) is 17.1 Å². The fourth-order valence-electron chi connectivity index (χ4n) is 3.09. The van der Waals surface area contributed by atoms with E-state index in [1.807, 2.05) is 0 Å². The second-order valence-corrected chi connectivity index (χ2v) is 7.15. The van der Waals surface area contributed by atoms with E-state index in [-0.39, 0.29) is 36.7 Å². The predicted molar refractivity (Wildman–Crippen MR) is 106 cm³/mol. The largest absolute Gasteiger partial charge is 0.573 e. The van der Waals surface area contributed by atoms with Gasteiger partial charge in [0.2, 0.25) is 5.95 Å². The third-order valence-electron chi connectivity index (χ3n) is 4.72. The van der Waals surface area contributed by atoms with Gasteiger partial charge in [0.1, 0.15) is 18.9 Å². The number of halogens is 4. The monoisotopic (exact) mass is 484 g/mol. The molecule has 0 saturated heterocycles. The Labute approximate surface area is 188 Å². The van der Waals surface area contributed by atoms with E-state index in [1.165, 1.54) is 41.2 Å². The zero-order valence-electron chi connectivity index (χ0n) is 17.4. The molecule has 1 aliphatic rings. The molecule has 0 saturated carbocycles. The molecule has 0 unspecified atom stereocenters. The molecule has 3 heterocycles. The Balaban J connectivity index is 1.37. The molecule has 1 atom stereocenters. The van der Waals surface area contributed by atoms with E-state index in [0.717, 1.165) is 12.1 Å². The molecule has 11 nitrogen and oxygen atoms in total. The number of benzene rings is 1. The van der Waals surface area contributed by atoms with E-state index in [0.29, 0.717) is 12.1 Å². The van der Waals surface area contributed by atoms with Crippen molar-refractivity contribution in [2.45, 2.75) is 25.6 Å². The quantitative estimate of drug-likeness (QED) is 0.283. The molecule has 2 aromatic heterocycles. The summed E-state index contributed by atoms with van der Waals surface area (Å²) in [6, 6.07) is 3.14. The lowest BCUT2D eigenvalue weighted by Gasteiger charge is -2.22. The normalized spacial score (nSPS) is 15.4. The number of ether oxygens (including phenoxy) is 3. The smallest absolute Gasteiger partial charge is 0.443 e. The summed E-state index contributed by atoms with van der Waals surface area (Å²) < 4.78 is 67.3. The molecule has 0 spiro atoms. The summed E-state index contributed by atoms with van der Waals surface area (Å²) in [6.45, 7) is 0.581. The van der Waals surface area contributed by atoms with Gasteiger partial charge in [0.15, 0.2) is 11.6 Å². The van der Waals surface area contributed by atoms with Gasteiger partial charge in [-0.15, -0.1) is 13.2 Å². The summed E-state index contributed by atoms with van der Waals surface area (Å²) in [5.74, 6) is -2.30. The molecule has 4 rings (SSSR count). The van der Waals surface area contributed by atoms with Crippen LogP contribution in [0.15, 0.2) is 36.8 Å². The fraction of sp³-hybridized carbons (Fsp3) is 0.316. The average molecular weight is 484 g/mol. The lowest BCUT2D eigenvalue weighted by Crippen LogP contribution is -2.32. The number of hydrogen-bond acceptors (Lipinski definition) is 9. The number of nitro groups is 1. The number of imidazole rings is 1. The molecule has 15 heteroatoms. The Kier molecular flexibility index (Phi) is 6.19. The van der Waals surface area contributed by atoms with Crippen LogP contribution in [-0.4, -0.2) is 50.6 Å². The average Bonchev–Trinajstić information content (AvgIpc) is 3.22. The Bertz CT molecular complexity index is 1190. The molecule has 0 radical (unpaired) electrons. The van der Waals surface area contributed by atoms with E-state index in [4.69, 9.17) is 9.47 Å². The molecule has 0 amide bonds. The third kappa shape index (κ3) is 5.31. The van der Waals surface area contributed by atoms with Gasteiger partial charge in [-0.25, -0.2) is 14.4 Å². The second kappa shape index (κ2) is 9.09. The van der Waals surface area contributed by atoms with Gasteiger partial charge in [-0.1, -0.05) is 0 Å². The number of anilines is 2. The van der Waals surface area contributed by atoms with Gasteiger partial charge >= 0.3 is 18.2 Å². The highest BCUT2D eigenvalue weighted by Crippen LogP contribution is 2.31. The van der Waals surface area contributed by atoms with Crippen LogP contribution >= 0.6 is 0 Å². The number of aromatic nitrogens is 4. The molecule has 0 aliphatic carbocycles. The van der Waals surface area contributed by atoms with Crippen molar-refractivity contribution in [2.75, 3.05) is 18.6 Å². The summed E-state index contributed by atoms with van der Waals surface area (Å²) >= 11 is 0. The number of rotatable bonds is 7. The van der Waals surface area contributed by atoms with Crippen molar-refractivity contribution < 1.29 is 36.7 Å². The van der Waals surface area contributed by atoms with Crippen LogP contribution in [-0.2, 0) is 17.9 Å². The van der Waals surface area contributed by atoms with Crippen LogP contribution in [0.1, 0.15) is 5.56 Å². The van der Waals surface area contributed by atoms with E-state index < -0.39 is 29.0 Å². The highest BCUT2D eigenvalue weighted by atomic mass is 19.4. The van der Waals surface area contributed by atoms with Crippen molar-refractivity contribution in [1.29, 1.82) is 0 Å². The molecule has 180 valence electrons. The Morgan fingerprint density at radius 1 is 1.32 bits per heavy atom. The molecule has 1 aliphatic heterocycles. The van der Waals surface area contributed by atoms with Gasteiger partial charge < -0.3 is 29.2 Å². The molecule has 1 aromatic carbocycles. The number of fused-ring (bicyclic) bond motifs is 1. The molecule has 3 aromatic rings. The van der Waals surface area contributed by atoms with Crippen LogP contribution in [0.25, 0.3) is 0 Å². The lowest BCUT2D eigenvalue weighted by molar-refractivity contribution is -0.389. The maximum Gasteiger partial charge on any atom is 0.573 e.